The minimum absolute atomic E-state index is 0.0441. The summed E-state index contributed by atoms with van der Waals surface area (Å²) in [7, 11) is 3.47. The lowest BCUT2D eigenvalue weighted by Gasteiger charge is -2.15. The highest BCUT2D eigenvalue weighted by atomic mass is 79.9. The van der Waals surface area contributed by atoms with Crippen molar-refractivity contribution < 1.29 is 4.79 Å². The molecule has 0 bridgehead atoms. The summed E-state index contributed by atoms with van der Waals surface area (Å²) in [5.41, 5.74) is 2.62. The van der Waals surface area contributed by atoms with Crippen molar-refractivity contribution in [2.24, 2.45) is 4.99 Å². The van der Waals surface area contributed by atoms with Gasteiger partial charge in [-0.25, -0.2) is 0 Å². The molecule has 4 nitrogen and oxygen atoms in total. The summed E-state index contributed by atoms with van der Waals surface area (Å²) in [6.45, 7) is 2.53. The molecule has 0 atom stereocenters. The van der Waals surface area contributed by atoms with Crippen LogP contribution in [0.1, 0.15) is 22.8 Å². The molecule has 0 spiro atoms. The van der Waals surface area contributed by atoms with Gasteiger partial charge in [0.15, 0.2) is 0 Å². The Morgan fingerprint density at radius 3 is 2.25 bits per heavy atom. The Balaban J connectivity index is 2.16. The molecular formula is C18H19Br2N3O. The Labute approximate surface area is 159 Å². The van der Waals surface area contributed by atoms with Gasteiger partial charge in [-0.1, -0.05) is 30.3 Å². The molecule has 1 amide bonds. The normalized spacial score (nSPS) is 11.3. The number of nitrogens with zero attached hydrogens (tertiary/aromatic N) is 2. The Morgan fingerprint density at radius 2 is 1.71 bits per heavy atom. The van der Waals surface area contributed by atoms with E-state index < -0.39 is 0 Å². The third-order valence-corrected chi connectivity index (χ3v) is 4.59. The van der Waals surface area contributed by atoms with Crippen molar-refractivity contribution >= 4 is 49.3 Å². The lowest BCUT2D eigenvalue weighted by atomic mass is 10.2. The molecule has 6 heteroatoms. The second-order valence-electron chi connectivity index (χ2n) is 5.53. The average Bonchev–Trinajstić information content (AvgIpc) is 2.56. The summed E-state index contributed by atoms with van der Waals surface area (Å²) in [6, 6.07) is 13.7. The van der Waals surface area contributed by atoms with Gasteiger partial charge in [-0.2, -0.15) is 0 Å². The maximum absolute atomic E-state index is 12.1. The Morgan fingerprint density at radius 1 is 1.12 bits per heavy atom. The van der Waals surface area contributed by atoms with Crippen molar-refractivity contribution in [2.45, 2.75) is 13.5 Å². The van der Waals surface area contributed by atoms with Gasteiger partial charge >= 0.3 is 0 Å². The quantitative estimate of drug-likeness (QED) is 0.527. The number of aliphatic imine (C=N–C) groups is 1. The molecule has 0 unspecified atom stereocenters. The fourth-order valence-corrected chi connectivity index (χ4v) is 3.47. The SMILES string of the molecule is CC(=NCc1ccccc1)Nc1c(Br)cc(C(=O)N(C)C)cc1Br. The van der Waals surface area contributed by atoms with E-state index in [0.717, 1.165) is 26.0 Å². The molecule has 0 aromatic heterocycles. The van der Waals surface area contributed by atoms with Crippen LogP contribution in [0.15, 0.2) is 56.4 Å². The fraction of sp³-hybridized carbons (Fsp3) is 0.222. The van der Waals surface area contributed by atoms with Crippen LogP contribution in [0, 0.1) is 0 Å². The van der Waals surface area contributed by atoms with E-state index in [2.05, 4.69) is 42.2 Å². The summed E-state index contributed by atoms with van der Waals surface area (Å²) in [4.78, 5) is 18.2. The molecule has 0 radical (unpaired) electrons. The van der Waals surface area contributed by atoms with Gasteiger partial charge in [-0.05, 0) is 56.5 Å². The summed E-state index contributed by atoms with van der Waals surface area (Å²) in [5, 5.41) is 3.28. The highest BCUT2D eigenvalue weighted by molar-refractivity contribution is 9.11. The molecule has 0 aliphatic rings. The van der Waals surface area contributed by atoms with Crippen LogP contribution in [-0.4, -0.2) is 30.7 Å². The van der Waals surface area contributed by atoms with Gasteiger partial charge in [0, 0.05) is 28.6 Å². The zero-order valence-corrected chi connectivity index (χ0v) is 17.0. The topological polar surface area (TPSA) is 44.7 Å². The first-order valence-corrected chi connectivity index (χ1v) is 8.99. The lowest BCUT2D eigenvalue weighted by Crippen LogP contribution is -2.21. The number of carbonyl (C=O) groups is 1. The summed E-state index contributed by atoms with van der Waals surface area (Å²) in [6.07, 6.45) is 0. The molecule has 0 saturated carbocycles. The van der Waals surface area contributed by atoms with E-state index in [4.69, 9.17) is 0 Å². The number of amidine groups is 1. The van der Waals surface area contributed by atoms with Crippen molar-refractivity contribution in [2.75, 3.05) is 19.4 Å². The molecule has 0 aliphatic carbocycles. The first-order valence-electron chi connectivity index (χ1n) is 7.41. The number of benzene rings is 2. The number of hydrogen-bond donors (Lipinski definition) is 1. The summed E-state index contributed by atoms with van der Waals surface area (Å²) < 4.78 is 1.60. The fourth-order valence-electron chi connectivity index (χ4n) is 2.09. The first-order chi connectivity index (χ1) is 11.4. The van der Waals surface area contributed by atoms with Gasteiger partial charge in [-0.3, -0.25) is 9.79 Å². The largest absolute Gasteiger partial charge is 0.345 e. The minimum Gasteiger partial charge on any atom is -0.345 e. The summed E-state index contributed by atoms with van der Waals surface area (Å²) >= 11 is 7.04. The van der Waals surface area contributed by atoms with E-state index in [-0.39, 0.29) is 5.91 Å². The number of halogens is 2. The van der Waals surface area contributed by atoms with Crippen LogP contribution in [0.2, 0.25) is 0 Å². The maximum Gasteiger partial charge on any atom is 0.253 e. The van der Waals surface area contributed by atoms with Crippen LogP contribution in [-0.2, 0) is 6.54 Å². The number of nitrogens with one attached hydrogen (secondary N) is 1. The zero-order valence-electron chi connectivity index (χ0n) is 13.8. The molecule has 0 aliphatic heterocycles. The van der Waals surface area contributed by atoms with E-state index in [1.54, 1.807) is 31.1 Å². The van der Waals surface area contributed by atoms with E-state index >= 15 is 0 Å². The molecule has 2 aromatic carbocycles. The highest BCUT2D eigenvalue weighted by Gasteiger charge is 2.14. The van der Waals surface area contributed by atoms with Crippen LogP contribution in [0.25, 0.3) is 0 Å². The van der Waals surface area contributed by atoms with Crippen molar-refractivity contribution in [3.8, 4) is 0 Å². The van der Waals surface area contributed by atoms with Gasteiger partial charge in [0.05, 0.1) is 18.1 Å². The lowest BCUT2D eigenvalue weighted by molar-refractivity contribution is 0.0827. The molecular weight excluding hydrogens is 434 g/mol. The number of hydrogen-bond acceptors (Lipinski definition) is 2. The molecule has 0 saturated heterocycles. The second-order valence-corrected chi connectivity index (χ2v) is 7.24. The maximum atomic E-state index is 12.1. The third kappa shape index (κ3) is 4.92. The molecule has 1 N–H and O–H groups in total. The predicted octanol–water partition coefficient (Wildman–Crippen LogP) is 4.94. The smallest absolute Gasteiger partial charge is 0.253 e. The minimum atomic E-state index is -0.0441. The van der Waals surface area contributed by atoms with Gasteiger partial charge in [-0.15, -0.1) is 0 Å². The number of amides is 1. The van der Waals surface area contributed by atoms with Crippen LogP contribution < -0.4 is 5.32 Å². The van der Waals surface area contributed by atoms with Crippen LogP contribution in [0.3, 0.4) is 0 Å². The number of anilines is 1. The van der Waals surface area contributed by atoms with E-state index in [9.17, 15) is 4.79 Å². The second kappa shape index (κ2) is 8.44. The van der Waals surface area contributed by atoms with Crippen LogP contribution in [0.5, 0.6) is 0 Å². The predicted molar refractivity (Wildman–Crippen MR) is 107 cm³/mol. The molecule has 0 fully saturated rings. The van der Waals surface area contributed by atoms with Gasteiger partial charge in [0.1, 0.15) is 0 Å². The monoisotopic (exact) mass is 451 g/mol. The van der Waals surface area contributed by atoms with Gasteiger partial charge in [0.2, 0.25) is 0 Å². The van der Waals surface area contributed by atoms with E-state index in [0.29, 0.717) is 12.1 Å². The average molecular weight is 453 g/mol. The standard InChI is InChI=1S/C18H19Br2N3O/c1-12(21-11-13-7-5-4-6-8-13)22-17-15(19)9-14(10-16(17)20)18(24)23(2)3/h4-10H,11H2,1-3H3,(H,21,22). The van der Waals surface area contributed by atoms with Gasteiger partial charge < -0.3 is 10.2 Å². The highest BCUT2D eigenvalue weighted by Crippen LogP contribution is 2.33. The third-order valence-electron chi connectivity index (χ3n) is 3.34. The molecule has 24 heavy (non-hydrogen) atoms. The van der Waals surface area contributed by atoms with Crippen molar-refractivity contribution in [1.82, 2.24) is 4.90 Å². The number of rotatable bonds is 4. The van der Waals surface area contributed by atoms with Crippen LogP contribution >= 0.6 is 31.9 Å². The van der Waals surface area contributed by atoms with E-state index in [1.807, 2.05) is 37.3 Å². The van der Waals surface area contributed by atoms with Crippen molar-refractivity contribution in [1.29, 1.82) is 0 Å². The summed E-state index contributed by atoms with van der Waals surface area (Å²) in [5.74, 6) is 0.754. The van der Waals surface area contributed by atoms with Gasteiger partial charge in [0.25, 0.3) is 5.91 Å². The van der Waals surface area contributed by atoms with Crippen molar-refractivity contribution in [3.63, 3.8) is 0 Å². The molecule has 2 aromatic rings. The van der Waals surface area contributed by atoms with Crippen molar-refractivity contribution in [3.05, 3.63) is 62.5 Å². The Kier molecular flexibility index (Phi) is 6.57. The molecule has 0 heterocycles. The molecule has 126 valence electrons. The Hall–Kier alpha value is -1.66. The zero-order chi connectivity index (χ0) is 17.7. The first kappa shape index (κ1) is 18.7. The molecule has 2 rings (SSSR count). The Bertz CT molecular complexity index is 735. The van der Waals surface area contributed by atoms with Crippen LogP contribution in [0.4, 0.5) is 5.69 Å². The number of carbonyl (C=O) groups excluding carboxylic acids is 1. The van der Waals surface area contributed by atoms with E-state index in [1.165, 1.54) is 0 Å².